The van der Waals surface area contributed by atoms with Crippen LogP contribution in [-0.2, 0) is 19.2 Å². The van der Waals surface area contributed by atoms with Crippen LogP contribution in [0.25, 0.3) is 12.2 Å². The van der Waals surface area contributed by atoms with Crippen LogP contribution in [0.1, 0.15) is 49.3 Å². The number of imide groups is 1. The predicted molar refractivity (Wildman–Crippen MR) is 192 cm³/mol. The molecule has 1 saturated carbocycles. The van der Waals surface area contributed by atoms with E-state index < -0.39 is 35.0 Å². The molecular weight excluding hydrogens is 646 g/mol. The second-order valence-corrected chi connectivity index (χ2v) is 13.9. The number of carbonyl (C=O) groups is 4. The van der Waals surface area contributed by atoms with E-state index in [9.17, 15) is 24.3 Å². The molecule has 262 valence electrons. The summed E-state index contributed by atoms with van der Waals surface area (Å²) in [6, 6.07) is 20.2. The van der Waals surface area contributed by atoms with Crippen molar-refractivity contribution in [2.75, 3.05) is 32.3 Å². The number of allylic oxidation sites excluding steroid dienone is 4. The third-order valence-electron chi connectivity index (χ3n) is 11.3. The van der Waals surface area contributed by atoms with Crippen LogP contribution >= 0.6 is 0 Å². The molecule has 1 saturated heterocycles. The number of para-hydroxylation sites is 1. The van der Waals surface area contributed by atoms with E-state index in [-0.39, 0.29) is 36.6 Å². The minimum absolute atomic E-state index is 0.0641. The smallest absolute Gasteiger partial charge is 0.238 e. The molecule has 1 N–H and O–H groups in total. The number of ether oxygens (including phenoxy) is 3. The molecule has 3 aliphatic carbocycles. The van der Waals surface area contributed by atoms with Crippen LogP contribution in [0.15, 0.2) is 90.0 Å². The van der Waals surface area contributed by atoms with E-state index in [1.165, 1.54) is 11.0 Å². The molecule has 0 aromatic heterocycles. The van der Waals surface area contributed by atoms with Gasteiger partial charge in [0.1, 0.15) is 23.9 Å². The van der Waals surface area contributed by atoms with Crippen molar-refractivity contribution in [3.8, 4) is 17.2 Å². The summed E-state index contributed by atoms with van der Waals surface area (Å²) in [6.07, 6.45) is 7.93. The maximum atomic E-state index is 14.4. The Kier molecular flexibility index (Phi) is 9.01. The van der Waals surface area contributed by atoms with Crippen molar-refractivity contribution in [3.05, 3.63) is 107 Å². The lowest BCUT2D eigenvalue weighted by atomic mass is 9.47. The number of aliphatic hydroxyl groups is 1. The molecule has 51 heavy (non-hydrogen) atoms. The van der Waals surface area contributed by atoms with Gasteiger partial charge in [0.2, 0.25) is 11.8 Å². The van der Waals surface area contributed by atoms with Gasteiger partial charge in [-0.3, -0.25) is 24.1 Å². The predicted octanol–water partition coefficient (Wildman–Crippen LogP) is 6.21. The summed E-state index contributed by atoms with van der Waals surface area (Å²) >= 11 is 0. The number of aliphatic hydroxyl groups excluding tert-OH is 1. The summed E-state index contributed by atoms with van der Waals surface area (Å²) in [5.74, 6) is -1.82. The van der Waals surface area contributed by atoms with E-state index in [0.717, 1.165) is 22.3 Å². The minimum atomic E-state index is -1.12. The van der Waals surface area contributed by atoms with Gasteiger partial charge in [-0.15, -0.1) is 0 Å². The molecule has 4 aliphatic rings. The van der Waals surface area contributed by atoms with Crippen molar-refractivity contribution in [2.24, 2.45) is 29.1 Å². The van der Waals surface area contributed by atoms with Crippen LogP contribution in [0.5, 0.6) is 17.2 Å². The van der Waals surface area contributed by atoms with Crippen LogP contribution in [0.4, 0.5) is 5.69 Å². The normalized spacial score (nSPS) is 27.1. The maximum absolute atomic E-state index is 14.4. The first-order chi connectivity index (χ1) is 24.6. The van der Waals surface area contributed by atoms with Crippen LogP contribution in [0.3, 0.4) is 0 Å². The Bertz CT molecular complexity index is 2010. The number of amides is 2. The zero-order valence-corrected chi connectivity index (χ0v) is 29.1. The van der Waals surface area contributed by atoms with E-state index in [1.807, 2.05) is 73.7 Å². The van der Waals surface area contributed by atoms with Gasteiger partial charge in [-0.05, 0) is 79.3 Å². The SMILES string of the molecule is COc1ccc(OC)c(C=Cc2ccc(N3C(=O)[C@H]4[C@H](CC=C5[C@H]4C[C@H]4C(=O)C=C(C)C(=O)[C@@]4(C)[C@H]5c4ccccc4OCCO)C3=O)cc2)c1. The summed E-state index contributed by atoms with van der Waals surface area (Å²) in [4.78, 5) is 57.7. The van der Waals surface area contributed by atoms with Gasteiger partial charge in [-0.25, -0.2) is 0 Å². The van der Waals surface area contributed by atoms with E-state index in [4.69, 9.17) is 14.2 Å². The molecule has 2 fully saturated rings. The van der Waals surface area contributed by atoms with Crippen molar-refractivity contribution in [1.82, 2.24) is 0 Å². The van der Waals surface area contributed by atoms with Crippen LogP contribution in [-0.4, -0.2) is 55.9 Å². The molecule has 7 rings (SSSR count). The monoisotopic (exact) mass is 687 g/mol. The van der Waals surface area contributed by atoms with Gasteiger partial charge in [-0.2, -0.15) is 0 Å². The fraction of sp³-hybridized carbons (Fsp3) is 0.333. The highest BCUT2D eigenvalue weighted by molar-refractivity contribution is 6.22. The molecule has 6 atom stereocenters. The average molecular weight is 688 g/mol. The molecule has 2 amide bonds. The second-order valence-electron chi connectivity index (χ2n) is 13.9. The highest BCUT2D eigenvalue weighted by Gasteiger charge is 2.63. The first kappa shape index (κ1) is 34.2. The molecule has 0 spiro atoms. The summed E-state index contributed by atoms with van der Waals surface area (Å²) < 4.78 is 16.8. The Morgan fingerprint density at radius 3 is 2.39 bits per heavy atom. The molecule has 9 heteroatoms. The summed E-state index contributed by atoms with van der Waals surface area (Å²) in [5, 5.41) is 9.54. The van der Waals surface area contributed by atoms with Gasteiger partial charge in [0.15, 0.2) is 11.6 Å². The van der Waals surface area contributed by atoms with Gasteiger partial charge in [0.05, 0.1) is 43.8 Å². The second kappa shape index (κ2) is 13.5. The number of nitrogens with zero attached hydrogens (tertiary/aromatic N) is 1. The van der Waals surface area contributed by atoms with E-state index in [2.05, 4.69) is 0 Å². The number of benzene rings is 3. The summed E-state index contributed by atoms with van der Waals surface area (Å²) in [5.41, 5.74) is 3.10. The van der Waals surface area contributed by atoms with Crippen molar-refractivity contribution in [1.29, 1.82) is 0 Å². The van der Waals surface area contributed by atoms with Crippen LogP contribution in [0.2, 0.25) is 0 Å². The Morgan fingerprint density at radius 2 is 1.67 bits per heavy atom. The fourth-order valence-electron chi connectivity index (χ4n) is 8.89. The number of fused-ring (bicyclic) bond motifs is 4. The lowest BCUT2D eigenvalue weighted by Crippen LogP contribution is -2.54. The number of rotatable bonds is 9. The minimum Gasteiger partial charge on any atom is -0.497 e. The highest BCUT2D eigenvalue weighted by atomic mass is 16.5. The van der Waals surface area contributed by atoms with Gasteiger partial charge >= 0.3 is 0 Å². The van der Waals surface area contributed by atoms with Crippen molar-refractivity contribution in [3.63, 3.8) is 0 Å². The Morgan fingerprint density at radius 1 is 0.902 bits per heavy atom. The van der Waals surface area contributed by atoms with Crippen molar-refractivity contribution < 1.29 is 38.5 Å². The topological polar surface area (TPSA) is 119 Å². The number of carbonyl (C=O) groups excluding carboxylic acids is 4. The van der Waals surface area contributed by atoms with Crippen LogP contribution < -0.4 is 19.1 Å². The van der Waals surface area contributed by atoms with Gasteiger partial charge in [0, 0.05) is 23.0 Å². The summed E-state index contributed by atoms with van der Waals surface area (Å²) in [7, 11) is 3.21. The molecule has 1 heterocycles. The van der Waals surface area contributed by atoms with Crippen molar-refractivity contribution >= 4 is 41.2 Å². The van der Waals surface area contributed by atoms with E-state index in [0.29, 0.717) is 41.4 Å². The molecule has 0 bridgehead atoms. The lowest BCUT2D eigenvalue weighted by Gasteiger charge is -2.53. The Labute approximate surface area is 297 Å². The number of hydrogen-bond donors (Lipinski definition) is 1. The fourth-order valence-corrected chi connectivity index (χ4v) is 8.89. The largest absolute Gasteiger partial charge is 0.497 e. The summed E-state index contributed by atoms with van der Waals surface area (Å²) in [6.45, 7) is 3.42. The molecule has 0 radical (unpaired) electrons. The van der Waals surface area contributed by atoms with Gasteiger partial charge in [0.25, 0.3) is 0 Å². The molecule has 0 unspecified atom stereocenters. The zero-order chi connectivity index (χ0) is 36.0. The number of hydrogen-bond acceptors (Lipinski definition) is 8. The number of Topliss-reactive ketones (excluding diaryl/α,β-unsaturated/α-hetero) is 1. The number of methoxy groups -OCH3 is 2. The zero-order valence-electron chi connectivity index (χ0n) is 29.1. The van der Waals surface area contributed by atoms with Gasteiger partial charge in [-0.1, -0.05) is 61.1 Å². The highest BCUT2D eigenvalue weighted by Crippen LogP contribution is 2.63. The molecule has 3 aromatic carbocycles. The Balaban J connectivity index is 1.22. The third-order valence-corrected chi connectivity index (χ3v) is 11.3. The van der Waals surface area contributed by atoms with Crippen molar-refractivity contribution in [2.45, 2.75) is 32.6 Å². The van der Waals surface area contributed by atoms with Crippen LogP contribution in [0, 0.1) is 29.1 Å². The molecular formula is C42H41NO8. The Hall–Kier alpha value is -5.28. The molecule has 9 nitrogen and oxygen atoms in total. The lowest BCUT2D eigenvalue weighted by molar-refractivity contribution is -0.141. The van der Waals surface area contributed by atoms with E-state index >= 15 is 0 Å². The standard InChI is InChI=1S/C42H41NO8/c1-24-21-34(45)33-23-32-29(38(42(33,2)39(24)46)30-7-5-6-8-36(30)51-20-19-44)16-17-31-37(32)41(48)43(40(31)47)27-13-10-25(11-14-27)9-12-26-22-28(49-3)15-18-35(26)50-4/h5-16,18,21-22,31-33,37-38,44H,17,19-20,23H2,1-4H3/t31-,32+,33-,37-,38+,42+/m0/s1. The molecule has 3 aromatic rings. The van der Waals surface area contributed by atoms with E-state index in [1.54, 1.807) is 39.3 Å². The quantitative estimate of drug-likeness (QED) is 0.160. The third kappa shape index (κ3) is 5.60. The number of anilines is 1. The van der Waals surface area contributed by atoms with Gasteiger partial charge < -0.3 is 19.3 Å². The first-order valence-electron chi connectivity index (χ1n) is 17.3. The molecule has 1 aliphatic heterocycles. The average Bonchev–Trinajstić information content (AvgIpc) is 3.40. The number of ketones is 2. The first-order valence-corrected chi connectivity index (χ1v) is 17.3. The maximum Gasteiger partial charge on any atom is 0.238 e.